The van der Waals surface area contributed by atoms with Crippen molar-refractivity contribution < 1.29 is 12.8 Å². The van der Waals surface area contributed by atoms with Gasteiger partial charge >= 0.3 is 0 Å². The van der Waals surface area contributed by atoms with Gasteiger partial charge in [0.15, 0.2) is 0 Å². The molecule has 31 heavy (non-hydrogen) atoms. The predicted molar refractivity (Wildman–Crippen MR) is 125 cm³/mol. The SMILES string of the molecule is CN1CNC(C)(c2sc3c(-c4ccc(-c5nccs5)cc4)cccc3c2F)CS1(=O)=O. The summed E-state index contributed by atoms with van der Waals surface area (Å²) in [4.78, 5) is 4.76. The Hall–Kier alpha value is -2.17. The number of rotatable bonds is 3. The fourth-order valence-corrected chi connectivity index (χ4v) is 7.42. The molecule has 5 rings (SSSR count). The smallest absolute Gasteiger partial charge is 0.217 e. The average Bonchev–Trinajstić information content (AvgIpc) is 3.40. The Bertz CT molecular complexity index is 1370. The molecule has 1 aliphatic heterocycles. The second-order valence-corrected chi connectivity index (χ2v) is 11.9. The molecule has 0 bridgehead atoms. The Morgan fingerprint density at radius 3 is 2.58 bits per heavy atom. The highest BCUT2D eigenvalue weighted by molar-refractivity contribution is 7.89. The van der Waals surface area contributed by atoms with E-state index in [4.69, 9.17) is 0 Å². The molecular weight excluding hydrogens is 453 g/mol. The molecule has 9 heteroatoms. The number of thiophene rings is 1. The molecule has 0 amide bonds. The van der Waals surface area contributed by atoms with Crippen molar-refractivity contribution in [3.05, 3.63) is 64.7 Å². The Morgan fingerprint density at radius 1 is 1.16 bits per heavy atom. The molecular formula is C22H20FN3O2S3. The van der Waals surface area contributed by atoms with Crippen LogP contribution in [0.4, 0.5) is 4.39 Å². The first-order valence-electron chi connectivity index (χ1n) is 9.69. The number of benzene rings is 2. The predicted octanol–water partition coefficient (Wildman–Crippen LogP) is 4.87. The zero-order valence-corrected chi connectivity index (χ0v) is 19.4. The monoisotopic (exact) mass is 473 g/mol. The quantitative estimate of drug-likeness (QED) is 0.461. The number of hydrogen-bond acceptors (Lipinski definition) is 6. The molecule has 0 saturated carbocycles. The molecule has 160 valence electrons. The van der Waals surface area contributed by atoms with Crippen molar-refractivity contribution in [2.24, 2.45) is 0 Å². The van der Waals surface area contributed by atoms with E-state index in [-0.39, 0.29) is 18.2 Å². The summed E-state index contributed by atoms with van der Waals surface area (Å²) in [7, 11) is -1.93. The lowest BCUT2D eigenvalue weighted by atomic mass is 9.99. The summed E-state index contributed by atoms with van der Waals surface area (Å²) in [6, 6.07) is 13.6. The fraction of sp³-hybridized carbons (Fsp3) is 0.227. The molecule has 0 spiro atoms. The highest BCUT2D eigenvalue weighted by Gasteiger charge is 2.42. The Labute approximate surface area is 188 Å². The van der Waals surface area contributed by atoms with Crippen LogP contribution in [0.15, 0.2) is 54.0 Å². The number of thiazole rings is 1. The van der Waals surface area contributed by atoms with Gasteiger partial charge in [0.2, 0.25) is 10.0 Å². The van der Waals surface area contributed by atoms with Crippen LogP contribution in [0, 0.1) is 5.82 Å². The first-order valence-corrected chi connectivity index (χ1v) is 13.0. The van der Waals surface area contributed by atoms with Gasteiger partial charge in [0.05, 0.1) is 22.8 Å². The summed E-state index contributed by atoms with van der Waals surface area (Å²) < 4.78 is 42.5. The second-order valence-electron chi connectivity index (χ2n) is 7.86. The maximum atomic E-state index is 15.5. The maximum Gasteiger partial charge on any atom is 0.217 e. The van der Waals surface area contributed by atoms with Crippen LogP contribution < -0.4 is 5.32 Å². The number of halogens is 1. The Kier molecular flexibility index (Phi) is 4.98. The summed E-state index contributed by atoms with van der Waals surface area (Å²) >= 11 is 2.91. The van der Waals surface area contributed by atoms with Gasteiger partial charge in [0, 0.05) is 34.3 Å². The summed E-state index contributed by atoms with van der Waals surface area (Å²) in [6.07, 6.45) is 1.78. The number of nitrogens with zero attached hydrogens (tertiary/aromatic N) is 2. The van der Waals surface area contributed by atoms with E-state index in [1.165, 1.54) is 22.7 Å². The van der Waals surface area contributed by atoms with Gasteiger partial charge in [-0.25, -0.2) is 17.8 Å². The van der Waals surface area contributed by atoms with E-state index < -0.39 is 15.6 Å². The number of hydrogen-bond donors (Lipinski definition) is 1. The van der Waals surface area contributed by atoms with E-state index in [0.717, 1.165) is 26.4 Å². The van der Waals surface area contributed by atoms with Crippen LogP contribution in [-0.4, -0.2) is 37.2 Å². The summed E-state index contributed by atoms with van der Waals surface area (Å²) in [5.41, 5.74) is 1.97. The highest BCUT2D eigenvalue weighted by Crippen LogP contribution is 2.43. The van der Waals surface area contributed by atoms with Crippen molar-refractivity contribution in [2.45, 2.75) is 12.5 Å². The first-order chi connectivity index (χ1) is 14.8. The van der Waals surface area contributed by atoms with Gasteiger partial charge < -0.3 is 0 Å². The van der Waals surface area contributed by atoms with E-state index in [1.807, 2.05) is 41.8 Å². The van der Waals surface area contributed by atoms with Gasteiger partial charge in [-0.1, -0.05) is 42.5 Å². The normalized spacial score (nSPS) is 21.5. The zero-order chi connectivity index (χ0) is 21.8. The van der Waals surface area contributed by atoms with Crippen molar-refractivity contribution >= 4 is 42.8 Å². The Balaban J connectivity index is 1.59. The van der Waals surface area contributed by atoms with E-state index >= 15 is 4.39 Å². The molecule has 5 nitrogen and oxygen atoms in total. The molecule has 1 saturated heterocycles. The standard InChI is InChI=1S/C22H20FN3O2S3/c1-22(12-31(27,28)26(2)13-25-22)20-18(23)17-5-3-4-16(19(17)30-20)14-6-8-15(9-7-14)21-24-10-11-29-21/h3-11,25H,12-13H2,1-2H3. The molecule has 2 aromatic heterocycles. The molecule has 1 N–H and O–H groups in total. The van der Waals surface area contributed by atoms with Crippen LogP contribution >= 0.6 is 22.7 Å². The third kappa shape index (κ3) is 3.50. The zero-order valence-electron chi connectivity index (χ0n) is 16.9. The minimum atomic E-state index is -3.45. The highest BCUT2D eigenvalue weighted by atomic mass is 32.2. The van der Waals surface area contributed by atoms with E-state index in [0.29, 0.717) is 10.3 Å². The van der Waals surface area contributed by atoms with Crippen molar-refractivity contribution in [3.63, 3.8) is 0 Å². The van der Waals surface area contributed by atoms with Crippen molar-refractivity contribution in [2.75, 3.05) is 19.5 Å². The van der Waals surface area contributed by atoms with Gasteiger partial charge in [0.1, 0.15) is 10.8 Å². The molecule has 3 heterocycles. The molecule has 2 aromatic carbocycles. The van der Waals surface area contributed by atoms with Crippen LogP contribution in [0.5, 0.6) is 0 Å². The van der Waals surface area contributed by atoms with E-state index in [9.17, 15) is 8.42 Å². The van der Waals surface area contributed by atoms with Crippen LogP contribution in [0.25, 0.3) is 31.8 Å². The van der Waals surface area contributed by atoms with Gasteiger partial charge in [-0.15, -0.1) is 22.7 Å². The fourth-order valence-electron chi connectivity index (χ4n) is 3.89. The average molecular weight is 474 g/mol. The Morgan fingerprint density at radius 2 is 1.90 bits per heavy atom. The van der Waals surface area contributed by atoms with Gasteiger partial charge in [-0.2, -0.15) is 4.31 Å². The van der Waals surface area contributed by atoms with Crippen LogP contribution in [0.2, 0.25) is 0 Å². The molecule has 1 atom stereocenters. The lowest BCUT2D eigenvalue weighted by molar-refractivity contribution is 0.297. The third-order valence-electron chi connectivity index (χ3n) is 5.67. The summed E-state index contributed by atoms with van der Waals surface area (Å²) in [6.45, 7) is 1.91. The van der Waals surface area contributed by atoms with E-state index in [2.05, 4.69) is 10.3 Å². The number of aromatic nitrogens is 1. The van der Waals surface area contributed by atoms with Crippen LogP contribution in [0.1, 0.15) is 11.8 Å². The molecule has 0 radical (unpaired) electrons. The lowest BCUT2D eigenvalue weighted by Gasteiger charge is -2.37. The van der Waals surface area contributed by atoms with Crippen molar-refractivity contribution in [1.82, 2.24) is 14.6 Å². The summed E-state index contributed by atoms with van der Waals surface area (Å²) in [5, 5.41) is 6.62. The van der Waals surface area contributed by atoms with Crippen molar-refractivity contribution in [1.29, 1.82) is 0 Å². The minimum Gasteiger partial charge on any atom is -0.292 e. The van der Waals surface area contributed by atoms with Gasteiger partial charge in [-0.05, 0) is 18.1 Å². The first kappa shape index (κ1) is 20.7. The maximum absolute atomic E-state index is 15.5. The number of fused-ring (bicyclic) bond motifs is 1. The second kappa shape index (κ2) is 7.46. The van der Waals surface area contributed by atoms with Gasteiger partial charge in [0.25, 0.3) is 0 Å². The minimum absolute atomic E-state index is 0.150. The van der Waals surface area contributed by atoms with Crippen LogP contribution in [-0.2, 0) is 15.6 Å². The van der Waals surface area contributed by atoms with Gasteiger partial charge in [-0.3, -0.25) is 5.32 Å². The van der Waals surface area contributed by atoms with Crippen LogP contribution in [0.3, 0.4) is 0 Å². The largest absolute Gasteiger partial charge is 0.292 e. The topological polar surface area (TPSA) is 62.3 Å². The molecule has 0 aliphatic carbocycles. The molecule has 1 unspecified atom stereocenters. The third-order valence-corrected chi connectivity index (χ3v) is 9.99. The summed E-state index contributed by atoms with van der Waals surface area (Å²) in [5.74, 6) is -0.533. The molecule has 1 fully saturated rings. The van der Waals surface area contributed by atoms with Crippen molar-refractivity contribution in [3.8, 4) is 21.7 Å². The lowest BCUT2D eigenvalue weighted by Crippen LogP contribution is -2.57. The van der Waals surface area contributed by atoms with E-state index in [1.54, 1.807) is 30.5 Å². The number of sulfonamides is 1. The number of nitrogens with one attached hydrogen (secondary N) is 1. The molecule has 4 aromatic rings. The molecule has 1 aliphatic rings.